The quantitative estimate of drug-likeness (QED) is 0.701. The maximum Gasteiger partial charge on any atom is 0.123 e. The van der Waals surface area contributed by atoms with Crippen molar-refractivity contribution in [1.82, 2.24) is 0 Å². The van der Waals surface area contributed by atoms with Gasteiger partial charge in [-0.15, -0.1) is 0 Å². The molecule has 0 saturated heterocycles. The molecule has 2 heteroatoms. The summed E-state index contributed by atoms with van der Waals surface area (Å²) in [7, 11) is 0. The predicted molar refractivity (Wildman–Crippen MR) is 60.0 cm³/mol. The number of alkyl halides is 1. The van der Waals surface area contributed by atoms with Crippen molar-refractivity contribution in [3.63, 3.8) is 0 Å². The monoisotopic (exact) mass is 256 g/mol. The smallest absolute Gasteiger partial charge is 0.123 e. The molecule has 0 nitrogen and oxygen atoms in total. The van der Waals surface area contributed by atoms with Crippen molar-refractivity contribution in [3.8, 4) is 0 Å². The van der Waals surface area contributed by atoms with Crippen LogP contribution in [-0.2, 0) is 0 Å². The van der Waals surface area contributed by atoms with Gasteiger partial charge in [0.15, 0.2) is 0 Å². The third kappa shape index (κ3) is 2.35. The van der Waals surface area contributed by atoms with Crippen LogP contribution in [0.3, 0.4) is 0 Å². The van der Waals surface area contributed by atoms with Crippen molar-refractivity contribution in [3.05, 3.63) is 35.6 Å². The zero-order valence-electron chi connectivity index (χ0n) is 8.05. The molecule has 1 unspecified atom stereocenters. The van der Waals surface area contributed by atoms with Gasteiger partial charge in [-0.2, -0.15) is 0 Å². The molecule has 0 aliphatic heterocycles. The highest BCUT2D eigenvalue weighted by molar-refractivity contribution is 9.09. The molecule has 1 aliphatic rings. The van der Waals surface area contributed by atoms with Crippen LogP contribution in [0.1, 0.15) is 36.1 Å². The molecule has 2 rings (SSSR count). The minimum absolute atomic E-state index is 0.155. The third-order valence-corrected chi connectivity index (χ3v) is 3.90. The van der Waals surface area contributed by atoms with E-state index in [1.165, 1.54) is 43.4 Å². The lowest BCUT2D eigenvalue weighted by molar-refractivity contribution is 0.295. The van der Waals surface area contributed by atoms with Crippen LogP contribution in [0.15, 0.2) is 24.3 Å². The van der Waals surface area contributed by atoms with Gasteiger partial charge in [0.2, 0.25) is 0 Å². The van der Waals surface area contributed by atoms with Gasteiger partial charge in [0.25, 0.3) is 0 Å². The Morgan fingerprint density at radius 2 is 1.93 bits per heavy atom. The van der Waals surface area contributed by atoms with Gasteiger partial charge < -0.3 is 0 Å². The zero-order chi connectivity index (χ0) is 9.97. The number of rotatable bonds is 3. The summed E-state index contributed by atoms with van der Waals surface area (Å²) in [6, 6.07) is 6.80. The van der Waals surface area contributed by atoms with Crippen molar-refractivity contribution < 1.29 is 4.39 Å². The van der Waals surface area contributed by atoms with E-state index in [1.54, 1.807) is 0 Å². The van der Waals surface area contributed by atoms with Gasteiger partial charge in [0.1, 0.15) is 5.82 Å². The molecule has 1 atom stereocenters. The SMILES string of the molecule is Fc1ccc(C(Br)CC2CCC2)cc1. The van der Waals surface area contributed by atoms with Crippen LogP contribution >= 0.6 is 15.9 Å². The lowest BCUT2D eigenvalue weighted by Gasteiger charge is -2.27. The van der Waals surface area contributed by atoms with Gasteiger partial charge in [0.05, 0.1) is 0 Å². The first-order chi connectivity index (χ1) is 6.75. The van der Waals surface area contributed by atoms with E-state index in [2.05, 4.69) is 15.9 Å². The maximum atomic E-state index is 12.7. The first kappa shape index (κ1) is 10.2. The fraction of sp³-hybridized carbons (Fsp3) is 0.500. The van der Waals surface area contributed by atoms with Gasteiger partial charge >= 0.3 is 0 Å². The molecule has 0 N–H and O–H groups in total. The van der Waals surface area contributed by atoms with Crippen molar-refractivity contribution in [1.29, 1.82) is 0 Å². The van der Waals surface area contributed by atoms with Crippen molar-refractivity contribution in [2.24, 2.45) is 5.92 Å². The van der Waals surface area contributed by atoms with E-state index in [-0.39, 0.29) is 5.82 Å². The van der Waals surface area contributed by atoms with E-state index < -0.39 is 0 Å². The Morgan fingerprint density at radius 3 is 2.43 bits per heavy atom. The molecule has 0 amide bonds. The van der Waals surface area contributed by atoms with Crippen LogP contribution in [-0.4, -0.2) is 0 Å². The van der Waals surface area contributed by atoms with Gasteiger partial charge in [0, 0.05) is 4.83 Å². The van der Waals surface area contributed by atoms with Crippen LogP contribution in [0.4, 0.5) is 4.39 Å². The molecule has 76 valence electrons. The summed E-state index contributed by atoms with van der Waals surface area (Å²) in [5, 5.41) is 0. The summed E-state index contributed by atoms with van der Waals surface area (Å²) >= 11 is 3.66. The molecule has 1 saturated carbocycles. The van der Waals surface area contributed by atoms with E-state index in [4.69, 9.17) is 0 Å². The Morgan fingerprint density at radius 1 is 1.29 bits per heavy atom. The molecule has 1 aromatic rings. The fourth-order valence-corrected chi connectivity index (χ4v) is 2.66. The summed E-state index contributed by atoms with van der Waals surface area (Å²) in [6.45, 7) is 0. The normalized spacial score (nSPS) is 19.0. The predicted octanol–water partition coefficient (Wildman–Crippen LogP) is 4.45. The Balaban J connectivity index is 1.95. The Kier molecular flexibility index (Phi) is 3.22. The highest BCUT2D eigenvalue weighted by atomic mass is 79.9. The summed E-state index contributed by atoms with van der Waals surface area (Å²) < 4.78 is 12.7. The molecule has 1 aromatic carbocycles. The van der Waals surface area contributed by atoms with E-state index in [0.717, 1.165) is 5.92 Å². The number of hydrogen-bond acceptors (Lipinski definition) is 0. The van der Waals surface area contributed by atoms with Gasteiger partial charge in [-0.3, -0.25) is 0 Å². The largest absolute Gasteiger partial charge is 0.207 e. The highest BCUT2D eigenvalue weighted by Crippen LogP contribution is 2.38. The zero-order valence-corrected chi connectivity index (χ0v) is 9.63. The van der Waals surface area contributed by atoms with Crippen molar-refractivity contribution in [2.75, 3.05) is 0 Å². The van der Waals surface area contributed by atoms with Crippen LogP contribution in [0.25, 0.3) is 0 Å². The Hall–Kier alpha value is -0.370. The highest BCUT2D eigenvalue weighted by Gasteiger charge is 2.21. The number of hydrogen-bond donors (Lipinski definition) is 0. The van der Waals surface area contributed by atoms with Crippen LogP contribution < -0.4 is 0 Å². The fourth-order valence-electron chi connectivity index (χ4n) is 1.83. The van der Waals surface area contributed by atoms with Gasteiger partial charge in [-0.25, -0.2) is 4.39 Å². The van der Waals surface area contributed by atoms with Crippen LogP contribution in [0.5, 0.6) is 0 Å². The van der Waals surface area contributed by atoms with Gasteiger partial charge in [-0.1, -0.05) is 47.3 Å². The molecule has 0 aromatic heterocycles. The van der Waals surface area contributed by atoms with Gasteiger partial charge in [-0.05, 0) is 30.0 Å². The minimum Gasteiger partial charge on any atom is -0.207 e. The molecule has 1 aliphatic carbocycles. The molecular weight excluding hydrogens is 243 g/mol. The van der Waals surface area contributed by atoms with E-state index in [1.807, 2.05) is 12.1 Å². The molecule has 14 heavy (non-hydrogen) atoms. The molecule has 1 fully saturated rings. The minimum atomic E-state index is -0.155. The molecule has 0 radical (unpaired) electrons. The lowest BCUT2D eigenvalue weighted by atomic mass is 9.81. The molecule has 0 spiro atoms. The first-order valence-corrected chi connectivity index (χ1v) is 6.07. The topological polar surface area (TPSA) is 0 Å². The lowest BCUT2D eigenvalue weighted by Crippen LogP contribution is -2.12. The summed E-state index contributed by atoms with van der Waals surface area (Å²) in [5.74, 6) is 0.724. The standard InChI is InChI=1S/C12H14BrF/c13-12(8-9-2-1-3-9)10-4-6-11(14)7-5-10/h4-7,9,12H,1-3,8H2. The van der Waals surface area contributed by atoms with Crippen molar-refractivity contribution >= 4 is 15.9 Å². The van der Waals surface area contributed by atoms with E-state index >= 15 is 0 Å². The Bertz CT molecular complexity index is 290. The van der Waals surface area contributed by atoms with Crippen LogP contribution in [0.2, 0.25) is 0 Å². The average molecular weight is 257 g/mol. The maximum absolute atomic E-state index is 12.7. The van der Waals surface area contributed by atoms with E-state index in [0.29, 0.717) is 4.83 Å². The second-order valence-corrected chi connectivity index (χ2v) is 5.16. The summed E-state index contributed by atoms with van der Waals surface area (Å²) in [4.78, 5) is 0.397. The second-order valence-electron chi connectivity index (χ2n) is 4.05. The molecule has 0 bridgehead atoms. The molecular formula is C12H14BrF. The summed E-state index contributed by atoms with van der Waals surface area (Å²) in [6.07, 6.45) is 5.30. The van der Waals surface area contributed by atoms with Crippen LogP contribution in [0, 0.1) is 11.7 Å². The summed E-state index contributed by atoms with van der Waals surface area (Å²) in [5.41, 5.74) is 1.19. The molecule has 0 heterocycles. The average Bonchev–Trinajstić information content (AvgIpc) is 2.12. The second kappa shape index (κ2) is 4.43. The Labute approximate surface area is 92.6 Å². The van der Waals surface area contributed by atoms with E-state index in [9.17, 15) is 4.39 Å². The third-order valence-electron chi connectivity index (χ3n) is 3.00. The van der Waals surface area contributed by atoms with Crippen molar-refractivity contribution in [2.45, 2.75) is 30.5 Å². The number of benzene rings is 1. The first-order valence-electron chi connectivity index (χ1n) is 5.15. The number of halogens is 2.